The number of rotatable bonds is 8. The average molecular weight is 336 g/mol. The fraction of sp³-hybridized carbons (Fsp3) is 0.611. The average Bonchev–Trinajstić information content (AvgIpc) is 3.05. The van der Waals surface area contributed by atoms with Gasteiger partial charge in [-0.2, -0.15) is 11.8 Å². The molecule has 0 spiro atoms. The lowest BCUT2D eigenvalue weighted by atomic mass is 10.1. The molecule has 0 saturated carbocycles. The fourth-order valence-electron chi connectivity index (χ4n) is 2.83. The molecule has 128 valence electrons. The lowest BCUT2D eigenvalue weighted by Crippen LogP contribution is -2.40. The second-order valence-electron chi connectivity index (χ2n) is 5.92. The second kappa shape index (κ2) is 10.6. The highest BCUT2D eigenvalue weighted by molar-refractivity contribution is 7.98. The van der Waals surface area contributed by atoms with Gasteiger partial charge in [0.05, 0.1) is 13.2 Å². The van der Waals surface area contributed by atoms with Crippen LogP contribution in [0.15, 0.2) is 35.3 Å². The SMILES string of the molecule is CN=C(NCCCSC)N1CCC(COCc2ccccc2)C1. The highest BCUT2D eigenvalue weighted by atomic mass is 32.2. The molecule has 1 atom stereocenters. The van der Waals surface area contributed by atoms with E-state index in [1.54, 1.807) is 0 Å². The molecule has 1 aliphatic rings. The molecule has 0 amide bonds. The van der Waals surface area contributed by atoms with Gasteiger partial charge in [-0.15, -0.1) is 0 Å². The van der Waals surface area contributed by atoms with Gasteiger partial charge in [0.15, 0.2) is 5.96 Å². The van der Waals surface area contributed by atoms with Crippen LogP contribution in [0, 0.1) is 5.92 Å². The van der Waals surface area contributed by atoms with Crippen LogP contribution in [0.2, 0.25) is 0 Å². The standard InChI is InChI=1S/C18H29N3OS/c1-19-18(20-10-6-12-23-2)21-11-9-17(13-21)15-22-14-16-7-4-3-5-8-16/h3-5,7-8,17H,6,9-15H2,1-2H3,(H,19,20). The van der Waals surface area contributed by atoms with Crippen molar-refractivity contribution in [1.29, 1.82) is 0 Å². The van der Waals surface area contributed by atoms with Gasteiger partial charge < -0.3 is 15.0 Å². The minimum Gasteiger partial charge on any atom is -0.376 e. The Morgan fingerprint density at radius 1 is 1.39 bits per heavy atom. The first kappa shape index (κ1) is 18.1. The third-order valence-corrected chi connectivity index (χ3v) is 4.77. The van der Waals surface area contributed by atoms with Crippen LogP contribution in [0.1, 0.15) is 18.4 Å². The molecule has 1 N–H and O–H groups in total. The monoisotopic (exact) mass is 335 g/mol. The number of guanidine groups is 1. The van der Waals surface area contributed by atoms with E-state index in [1.165, 1.54) is 24.2 Å². The molecule has 2 rings (SSSR count). The molecule has 0 aliphatic carbocycles. The van der Waals surface area contributed by atoms with Gasteiger partial charge >= 0.3 is 0 Å². The van der Waals surface area contributed by atoms with Crippen molar-refractivity contribution in [2.75, 3.05) is 45.3 Å². The highest BCUT2D eigenvalue weighted by Crippen LogP contribution is 2.17. The molecule has 0 aromatic heterocycles. The molecule has 1 aromatic carbocycles. The van der Waals surface area contributed by atoms with Crippen molar-refractivity contribution < 1.29 is 4.74 Å². The predicted molar refractivity (Wildman–Crippen MR) is 100 cm³/mol. The molecule has 0 radical (unpaired) electrons. The second-order valence-corrected chi connectivity index (χ2v) is 6.91. The van der Waals surface area contributed by atoms with Gasteiger partial charge in [-0.05, 0) is 30.4 Å². The van der Waals surface area contributed by atoms with E-state index in [0.29, 0.717) is 12.5 Å². The summed E-state index contributed by atoms with van der Waals surface area (Å²) in [6, 6.07) is 10.4. The zero-order valence-electron chi connectivity index (χ0n) is 14.3. The van der Waals surface area contributed by atoms with Gasteiger partial charge in [-0.25, -0.2) is 0 Å². The lowest BCUT2D eigenvalue weighted by Gasteiger charge is -2.21. The normalized spacial score (nSPS) is 18.4. The van der Waals surface area contributed by atoms with Crippen LogP contribution in [0.5, 0.6) is 0 Å². The van der Waals surface area contributed by atoms with Crippen molar-refractivity contribution in [3.63, 3.8) is 0 Å². The molecular weight excluding hydrogens is 306 g/mol. The number of nitrogens with one attached hydrogen (secondary N) is 1. The quantitative estimate of drug-likeness (QED) is 0.450. The van der Waals surface area contributed by atoms with Crippen molar-refractivity contribution in [2.45, 2.75) is 19.4 Å². The molecule has 1 fully saturated rings. The molecule has 4 nitrogen and oxygen atoms in total. The molecule has 1 aromatic rings. The van der Waals surface area contributed by atoms with E-state index in [0.717, 1.165) is 32.2 Å². The molecule has 1 saturated heterocycles. The van der Waals surface area contributed by atoms with Crippen molar-refractivity contribution in [3.05, 3.63) is 35.9 Å². The fourth-order valence-corrected chi connectivity index (χ4v) is 3.26. The van der Waals surface area contributed by atoms with Gasteiger partial charge in [-0.3, -0.25) is 4.99 Å². The molecular formula is C18H29N3OS. The summed E-state index contributed by atoms with van der Waals surface area (Å²) in [5.41, 5.74) is 1.24. The summed E-state index contributed by atoms with van der Waals surface area (Å²) in [7, 11) is 1.87. The first-order valence-electron chi connectivity index (χ1n) is 8.39. The van der Waals surface area contributed by atoms with Crippen LogP contribution in [-0.2, 0) is 11.3 Å². The van der Waals surface area contributed by atoms with E-state index >= 15 is 0 Å². The van der Waals surface area contributed by atoms with Gasteiger partial charge in [0.1, 0.15) is 0 Å². The zero-order valence-corrected chi connectivity index (χ0v) is 15.1. The maximum Gasteiger partial charge on any atom is 0.193 e. The summed E-state index contributed by atoms with van der Waals surface area (Å²) in [6.07, 6.45) is 4.51. The molecule has 1 unspecified atom stereocenters. The van der Waals surface area contributed by atoms with Crippen molar-refractivity contribution in [3.8, 4) is 0 Å². The van der Waals surface area contributed by atoms with Crippen LogP contribution in [0.3, 0.4) is 0 Å². The summed E-state index contributed by atoms with van der Waals surface area (Å²) in [5.74, 6) is 2.83. The van der Waals surface area contributed by atoms with E-state index in [-0.39, 0.29) is 0 Å². The van der Waals surface area contributed by atoms with Crippen molar-refractivity contribution in [2.24, 2.45) is 10.9 Å². The number of likely N-dealkylation sites (tertiary alicyclic amines) is 1. The Bertz CT molecular complexity index is 467. The van der Waals surface area contributed by atoms with Crippen molar-refractivity contribution in [1.82, 2.24) is 10.2 Å². The third kappa shape index (κ3) is 6.43. The summed E-state index contributed by atoms with van der Waals surface area (Å²) in [5, 5.41) is 3.47. The third-order valence-electron chi connectivity index (χ3n) is 4.07. The van der Waals surface area contributed by atoms with Gasteiger partial charge in [0.2, 0.25) is 0 Å². The van der Waals surface area contributed by atoms with E-state index < -0.39 is 0 Å². The first-order chi connectivity index (χ1) is 11.3. The number of benzene rings is 1. The van der Waals surface area contributed by atoms with Crippen LogP contribution < -0.4 is 5.32 Å². The topological polar surface area (TPSA) is 36.9 Å². The Morgan fingerprint density at radius 3 is 2.96 bits per heavy atom. The van der Waals surface area contributed by atoms with Gasteiger partial charge in [-0.1, -0.05) is 30.3 Å². The summed E-state index contributed by atoms with van der Waals surface area (Å²) < 4.78 is 5.89. The van der Waals surface area contributed by atoms with Crippen LogP contribution in [-0.4, -0.2) is 56.2 Å². The highest BCUT2D eigenvalue weighted by Gasteiger charge is 2.24. The number of ether oxygens (including phenoxy) is 1. The number of nitrogens with zero attached hydrogens (tertiary/aromatic N) is 2. The lowest BCUT2D eigenvalue weighted by molar-refractivity contribution is 0.0907. The summed E-state index contributed by atoms with van der Waals surface area (Å²) in [4.78, 5) is 6.77. The maximum atomic E-state index is 5.89. The van der Waals surface area contributed by atoms with E-state index in [9.17, 15) is 0 Å². The first-order valence-corrected chi connectivity index (χ1v) is 9.79. The maximum absolute atomic E-state index is 5.89. The molecule has 0 bridgehead atoms. The number of aliphatic imine (C=N–C) groups is 1. The Morgan fingerprint density at radius 2 is 2.22 bits per heavy atom. The molecule has 1 aliphatic heterocycles. The van der Waals surface area contributed by atoms with E-state index in [2.05, 4.69) is 45.7 Å². The molecule has 23 heavy (non-hydrogen) atoms. The van der Waals surface area contributed by atoms with Gasteiger partial charge in [0.25, 0.3) is 0 Å². The van der Waals surface area contributed by atoms with Crippen LogP contribution >= 0.6 is 11.8 Å². The largest absolute Gasteiger partial charge is 0.376 e. The van der Waals surface area contributed by atoms with Gasteiger partial charge in [0, 0.05) is 32.6 Å². The molecule has 5 heteroatoms. The Hall–Kier alpha value is -1.20. The molecule has 1 heterocycles. The van der Waals surface area contributed by atoms with E-state index in [4.69, 9.17) is 4.74 Å². The minimum atomic E-state index is 0.600. The Kier molecular flexibility index (Phi) is 8.32. The number of thioether (sulfide) groups is 1. The predicted octanol–water partition coefficient (Wildman–Crippen LogP) is 2.85. The summed E-state index contributed by atoms with van der Waals surface area (Å²) >= 11 is 1.89. The Labute approximate surface area is 144 Å². The van der Waals surface area contributed by atoms with E-state index in [1.807, 2.05) is 24.9 Å². The number of hydrogen-bond donors (Lipinski definition) is 1. The van der Waals surface area contributed by atoms with Crippen LogP contribution in [0.4, 0.5) is 0 Å². The zero-order chi connectivity index (χ0) is 16.3. The smallest absolute Gasteiger partial charge is 0.193 e. The number of hydrogen-bond acceptors (Lipinski definition) is 3. The summed E-state index contributed by atoms with van der Waals surface area (Å²) in [6.45, 7) is 4.64. The van der Waals surface area contributed by atoms with Crippen LogP contribution in [0.25, 0.3) is 0 Å². The van der Waals surface area contributed by atoms with Crippen molar-refractivity contribution >= 4 is 17.7 Å². The minimum absolute atomic E-state index is 0.600. The Balaban J connectivity index is 1.66.